The summed E-state index contributed by atoms with van der Waals surface area (Å²) in [7, 11) is 4.05. The minimum absolute atomic E-state index is 0.00402. The van der Waals surface area contributed by atoms with Gasteiger partial charge >= 0.3 is 0 Å². The number of anilines is 1. The van der Waals surface area contributed by atoms with Gasteiger partial charge in [-0.15, -0.1) is 0 Å². The molecule has 5 nitrogen and oxygen atoms in total. The van der Waals surface area contributed by atoms with Gasteiger partial charge in [-0.3, -0.25) is 9.59 Å². The van der Waals surface area contributed by atoms with Gasteiger partial charge < -0.3 is 15.5 Å². The Morgan fingerprint density at radius 1 is 0.933 bits per heavy atom. The standard InChI is InChI=1S/C25H27N3O2/c1-28(2)16-21-10-6-5-9-20(21)15-26-25(30)22-13-18-7-3-4-8-19(18)14-23(22)27-24(29)17-11-12-17/h3-10,13-14,17H,11-12,15-16H2,1-2H3,(H,26,30)(H,27,29). The van der Waals surface area contributed by atoms with Gasteiger partial charge in [0.2, 0.25) is 5.91 Å². The number of amides is 2. The maximum Gasteiger partial charge on any atom is 0.253 e. The van der Waals surface area contributed by atoms with Crippen molar-refractivity contribution in [2.24, 2.45) is 5.92 Å². The lowest BCUT2D eigenvalue weighted by molar-refractivity contribution is -0.117. The van der Waals surface area contributed by atoms with E-state index in [1.807, 2.05) is 68.7 Å². The summed E-state index contributed by atoms with van der Waals surface area (Å²) >= 11 is 0. The minimum Gasteiger partial charge on any atom is -0.348 e. The fourth-order valence-corrected chi connectivity index (χ4v) is 3.61. The Kier molecular flexibility index (Phi) is 5.81. The van der Waals surface area contributed by atoms with Crippen molar-refractivity contribution in [1.29, 1.82) is 0 Å². The van der Waals surface area contributed by atoms with Crippen LogP contribution in [0.5, 0.6) is 0 Å². The fourth-order valence-electron chi connectivity index (χ4n) is 3.61. The van der Waals surface area contributed by atoms with Crippen LogP contribution in [-0.2, 0) is 17.9 Å². The van der Waals surface area contributed by atoms with Gasteiger partial charge in [-0.2, -0.15) is 0 Å². The van der Waals surface area contributed by atoms with Crippen LogP contribution >= 0.6 is 0 Å². The quantitative estimate of drug-likeness (QED) is 0.624. The maximum atomic E-state index is 13.1. The van der Waals surface area contributed by atoms with E-state index in [0.29, 0.717) is 17.8 Å². The summed E-state index contributed by atoms with van der Waals surface area (Å²) in [6.45, 7) is 1.25. The molecule has 0 radical (unpaired) electrons. The SMILES string of the molecule is CN(C)Cc1ccccc1CNC(=O)c1cc2ccccc2cc1NC(=O)C1CC1. The largest absolute Gasteiger partial charge is 0.348 e. The molecule has 2 amide bonds. The number of benzene rings is 3. The summed E-state index contributed by atoms with van der Waals surface area (Å²) in [5, 5.41) is 7.99. The predicted octanol–water partition coefficient (Wildman–Crippen LogP) is 4.18. The third-order valence-electron chi connectivity index (χ3n) is 5.38. The molecular weight excluding hydrogens is 374 g/mol. The third kappa shape index (κ3) is 4.69. The molecule has 0 saturated heterocycles. The van der Waals surface area contributed by atoms with E-state index in [-0.39, 0.29) is 17.7 Å². The molecule has 3 aromatic rings. The van der Waals surface area contributed by atoms with Gasteiger partial charge in [0.15, 0.2) is 0 Å². The second kappa shape index (κ2) is 8.67. The number of carbonyl (C=O) groups excluding carboxylic acids is 2. The first-order chi connectivity index (χ1) is 14.5. The van der Waals surface area contributed by atoms with E-state index >= 15 is 0 Å². The fraction of sp³-hybridized carbons (Fsp3) is 0.280. The first-order valence-corrected chi connectivity index (χ1v) is 10.3. The molecule has 0 spiro atoms. The van der Waals surface area contributed by atoms with E-state index < -0.39 is 0 Å². The summed E-state index contributed by atoms with van der Waals surface area (Å²) in [6, 6.07) is 19.7. The Hall–Kier alpha value is -3.18. The minimum atomic E-state index is -0.188. The zero-order chi connectivity index (χ0) is 21.1. The van der Waals surface area contributed by atoms with E-state index in [2.05, 4.69) is 21.6 Å². The van der Waals surface area contributed by atoms with Crippen LogP contribution in [0.15, 0.2) is 60.7 Å². The molecule has 154 valence electrons. The Bertz CT molecular complexity index is 1090. The number of nitrogens with one attached hydrogen (secondary N) is 2. The highest BCUT2D eigenvalue weighted by Crippen LogP contribution is 2.32. The lowest BCUT2D eigenvalue weighted by Gasteiger charge is -2.16. The van der Waals surface area contributed by atoms with E-state index in [4.69, 9.17) is 0 Å². The predicted molar refractivity (Wildman–Crippen MR) is 120 cm³/mol. The summed E-state index contributed by atoms with van der Waals surface area (Å²) in [5.74, 6) is -0.118. The molecule has 4 rings (SSSR count). The van der Waals surface area contributed by atoms with Crippen molar-refractivity contribution in [2.75, 3.05) is 19.4 Å². The highest BCUT2D eigenvalue weighted by molar-refractivity contribution is 6.08. The molecule has 1 aliphatic rings. The summed E-state index contributed by atoms with van der Waals surface area (Å²) in [5.41, 5.74) is 3.34. The van der Waals surface area contributed by atoms with Crippen LogP contribution in [-0.4, -0.2) is 30.8 Å². The van der Waals surface area contributed by atoms with Crippen molar-refractivity contribution < 1.29 is 9.59 Å². The molecule has 0 atom stereocenters. The van der Waals surface area contributed by atoms with Crippen LogP contribution in [0.1, 0.15) is 34.3 Å². The van der Waals surface area contributed by atoms with Crippen molar-refractivity contribution >= 4 is 28.3 Å². The molecule has 30 heavy (non-hydrogen) atoms. The van der Waals surface area contributed by atoms with Gasteiger partial charge in [0.1, 0.15) is 0 Å². The second-order valence-corrected chi connectivity index (χ2v) is 8.20. The highest BCUT2D eigenvalue weighted by Gasteiger charge is 2.30. The lowest BCUT2D eigenvalue weighted by Crippen LogP contribution is -2.26. The van der Waals surface area contributed by atoms with Gasteiger partial charge in [-0.25, -0.2) is 0 Å². The van der Waals surface area contributed by atoms with Crippen LogP contribution in [0.4, 0.5) is 5.69 Å². The van der Waals surface area contributed by atoms with Gasteiger partial charge in [-0.1, -0.05) is 48.5 Å². The zero-order valence-corrected chi connectivity index (χ0v) is 17.4. The Labute approximate surface area is 177 Å². The topological polar surface area (TPSA) is 61.4 Å². The number of hydrogen-bond acceptors (Lipinski definition) is 3. The number of nitrogens with zero attached hydrogens (tertiary/aromatic N) is 1. The van der Waals surface area contributed by atoms with Gasteiger partial charge in [0.25, 0.3) is 5.91 Å². The van der Waals surface area contributed by atoms with E-state index in [1.54, 1.807) is 0 Å². The van der Waals surface area contributed by atoms with Crippen molar-refractivity contribution in [2.45, 2.75) is 25.9 Å². The van der Waals surface area contributed by atoms with Crippen LogP contribution < -0.4 is 10.6 Å². The van der Waals surface area contributed by atoms with Crippen molar-refractivity contribution in [3.63, 3.8) is 0 Å². The molecule has 1 aliphatic carbocycles. The van der Waals surface area contributed by atoms with E-state index in [0.717, 1.165) is 35.7 Å². The van der Waals surface area contributed by atoms with Crippen LogP contribution in [0.2, 0.25) is 0 Å². The monoisotopic (exact) mass is 401 g/mol. The number of hydrogen-bond donors (Lipinski definition) is 2. The average molecular weight is 402 g/mol. The molecule has 0 aliphatic heterocycles. The molecule has 0 aromatic heterocycles. The van der Waals surface area contributed by atoms with Gasteiger partial charge in [0.05, 0.1) is 11.3 Å². The summed E-state index contributed by atoms with van der Waals surface area (Å²) in [6.07, 6.45) is 1.84. The first-order valence-electron chi connectivity index (χ1n) is 10.3. The molecule has 0 unspecified atom stereocenters. The number of rotatable bonds is 7. The molecule has 1 saturated carbocycles. The number of carbonyl (C=O) groups is 2. The molecule has 3 aromatic carbocycles. The molecule has 2 N–H and O–H groups in total. The molecule has 5 heteroatoms. The zero-order valence-electron chi connectivity index (χ0n) is 17.4. The lowest BCUT2D eigenvalue weighted by atomic mass is 10.0. The number of fused-ring (bicyclic) bond motifs is 1. The van der Waals surface area contributed by atoms with Crippen molar-refractivity contribution in [3.8, 4) is 0 Å². The average Bonchev–Trinajstić information content (AvgIpc) is 3.57. The summed E-state index contributed by atoms with van der Waals surface area (Å²) in [4.78, 5) is 27.6. The summed E-state index contributed by atoms with van der Waals surface area (Å²) < 4.78 is 0. The Morgan fingerprint density at radius 2 is 1.57 bits per heavy atom. The Balaban J connectivity index is 1.58. The van der Waals surface area contributed by atoms with Gasteiger partial charge in [-0.05, 0) is 61.0 Å². The molecule has 0 bridgehead atoms. The Morgan fingerprint density at radius 3 is 2.23 bits per heavy atom. The normalized spacial score (nSPS) is 13.4. The second-order valence-electron chi connectivity index (χ2n) is 8.20. The smallest absolute Gasteiger partial charge is 0.253 e. The highest BCUT2D eigenvalue weighted by atomic mass is 16.2. The van der Waals surface area contributed by atoms with E-state index in [9.17, 15) is 9.59 Å². The van der Waals surface area contributed by atoms with Crippen molar-refractivity contribution in [3.05, 3.63) is 77.4 Å². The van der Waals surface area contributed by atoms with Crippen LogP contribution in [0.25, 0.3) is 10.8 Å². The van der Waals surface area contributed by atoms with Gasteiger partial charge in [0, 0.05) is 19.0 Å². The third-order valence-corrected chi connectivity index (χ3v) is 5.38. The maximum absolute atomic E-state index is 13.1. The molecule has 0 heterocycles. The molecule has 1 fully saturated rings. The first kappa shape index (κ1) is 20.1. The van der Waals surface area contributed by atoms with Crippen LogP contribution in [0, 0.1) is 5.92 Å². The van der Waals surface area contributed by atoms with E-state index in [1.165, 1.54) is 5.56 Å². The van der Waals surface area contributed by atoms with Crippen molar-refractivity contribution in [1.82, 2.24) is 10.2 Å². The van der Waals surface area contributed by atoms with Crippen LogP contribution in [0.3, 0.4) is 0 Å². The molecular formula is C25H27N3O2.